The maximum Gasteiger partial charge on any atom is 0.343 e. The molecule has 18 rings (SSSR count). The van der Waals surface area contributed by atoms with E-state index in [1.54, 1.807) is 0 Å². The number of hydrogen-bond donors (Lipinski definition) is 0. The van der Waals surface area contributed by atoms with E-state index in [2.05, 4.69) is 125 Å². The summed E-state index contributed by atoms with van der Waals surface area (Å²) in [6.07, 6.45) is 25.2. The molecule has 16 aromatic rings. The maximum atomic E-state index is 14.1. The third-order valence-corrected chi connectivity index (χ3v) is 26.6. The van der Waals surface area contributed by atoms with Crippen molar-refractivity contribution in [2.75, 3.05) is 0 Å². The summed E-state index contributed by atoms with van der Waals surface area (Å²) in [5, 5.41) is 7.34. The SMILES string of the molecule is CCCC1CCC(c2ccc(-c3ccc(C(=O)Oc4ccc5ccccc5c4-c4c(OC(=O)c5ccc(-c6ccc(C7CCC(CCC)CC7)cc6)cc5)ccc5ccccc45)cc3)cc2)CC1.CCCCCc1ccc(-c2ccc(C(=O)Oc3ccc4ccccc4c3-c3c(OC(=O)c4ccc(-c5ccc(CCCCC)cc5)cc4)ccc4ccccc34)cc2)cc1. The zero-order valence-corrected chi connectivity index (χ0v) is 74.0. The zero-order valence-electron chi connectivity index (χ0n) is 74.0. The standard InChI is InChI=1S/C64H62O4.C56H50O4/c1-3-9-43-15-19-45(20-16-43)47-23-27-49(28-24-47)51-31-35-55(36-32-51)63(65)67-59-41-39-53-11-5-7-13-57(53)61(59)62-58-14-8-6-12-54(58)40-42-60(62)68-64(66)56-37-33-52(34-38-56)50-29-25-48(26-30-50)46-21-17-44(10-4-2)18-22-46;1-3-5-7-13-39-19-23-41(24-20-39)43-27-31-47(32-28-43)55(57)59-51-37-35-45-15-9-11-17-49(45)53(51)54-50-18-12-10-16-46(50)36-38-52(54)60-56(58)48-33-29-44(30-34-48)42-25-21-40(22-26-42)14-8-6-4-2/h5-8,11-14,23-46H,3-4,9-10,15-22H2,1-2H3;9-12,15-38H,3-8,13-14H2,1-2H3. The van der Waals surface area contributed by atoms with E-state index in [1.165, 1.54) is 138 Å². The number of esters is 4. The predicted molar refractivity (Wildman–Crippen MR) is 527 cm³/mol. The first-order valence-electron chi connectivity index (χ1n) is 46.7. The Kier molecular flexibility index (Phi) is 27.9. The number of aryl methyl sites for hydroxylation is 2. The molecule has 0 aliphatic heterocycles. The molecule has 0 aromatic heterocycles. The van der Waals surface area contributed by atoms with Crippen LogP contribution in [-0.2, 0) is 12.8 Å². The lowest BCUT2D eigenvalue weighted by Gasteiger charge is -2.28. The Labute approximate surface area is 754 Å². The quantitative estimate of drug-likeness (QED) is 0.0271. The first-order valence-corrected chi connectivity index (χ1v) is 46.7. The summed E-state index contributed by atoms with van der Waals surface area (Å²) < 4.78 is 25.3. The Morgan fingerprint density at radius 1 is 0.234 bits per heavy atom. The van der Waals surface area contributed by atoms with Crippen LogP contribution in [0.3, 0.4) is 0 Å². The van der Waals surface area contributed by atoms with Crippen molar-refractivity contribution in [3.63, 3.8) is 0 Å². The topological polar surface area (TPSA) is 105 Å². The number of ether oxygens (including phenoxy) is 4. The fraction of sp³-hybridized carbons (Fsp3) is 0.233. The van der Waals surface area contributed by atoms with Gasteiger partial charge in [0.05, 0.1) is 22.3 Å². The average molecular weight is 1680 g/mol. The van der Waals surface area contributed by atoms with Crippen LogP contribution in [0.5, 0.6) is 23.0 Å². The number of carbonyl (C=O) groups is 4. The highest BCUT2D eigenvalue weighted by molar-refractivity contribution is 6.13. The maximum absolute atomic E-state index is 14.1. The van der Waals surface area contributed by atoms with Crippen LogP contribution < -0.4 is 18.9 Å². The van der Waals surface area contributed by atoms with Crippen molar-refractivity contribution in [2.45, 2.75) is 168 Å². The van der Waals surface area contributed by atoms with Crippen molar-refractivity contribution in [3.05, 3.63) is 384 Å². The van der Waals surface area contributed by atoms with Crippen molar-refractivity contribution < 1.29 is 38.1 Å². The molecule has 640 valence electrons. The van der Waals surface area contributed by atoms with Gasteiger partial charge in [-0.3, -0.25) is 0 Å². The van der Waals surface area contributed by atoms with E-state index >= 15 is 0 Å². The summed E-state index contributed by atoms with van der Waals surface area (Å²) in [6.45, 7) is 9.03. The molecular formula is C120H112O8. The number of rotatable bonds is 28. The van der Waals surface area contributed by atoms with Gasteiger partial charge >= 0.3 is 23.9 Å². The molecule has 2 fully saturated rings. The fourth-order valence-corrected chi connectivity index (χ4v) is 19.4. The Hall–Kier alpha value is -13.6. The predicted octanol–water partition coefficient (Wildman–Crippen LogP) is 32.5. The zero-order chi connectivity index (χ0) is 87.7. The van der Waals surface area contributed by atoms with Gasteiger partial charge in [0.1, 0.15) is 23.0 Å². The second kappa shape index (κ2) is 41.3. The second-order valence-corrected chi connectivity index (χ2v) is 35.1. The molecule has 8 heteroatoms. The molecule has 0 heterocycles. The molecular weight excluding hydrogens is 1570 g/mol. The lowest BCUT2D eigenvalue weighted by atomic mass is 9.77. The van der Waals surface area contributed by atoms with E-state index in [-0.39, 0.29) is 0 Å². The Morgan fingerprint density at radius 2 is 0.461 bits per heavy atom. The first kappa shape index (κ1) is 86.6. The van der Waals surface area contributed by atoms with Crippen molar-refractivity contribution >= 4 is 67.0 Å². The Morgan fingerprint density at radius 3 is 0.695 bits per heavy atom. The van der Waals surface area contributed by atoms with Gasteiger partial charge in [0.25, 0.3) is 0 Å². The van der Waals surface area contributed by atoms with E-state index in [4.69, 9.17) is 18.9 Å². The van der Waals surface area contributed by atoms with Crippen LogP contribution in [0.1, 0.15) is 219 Å². The third-order valence-electron chi connectivity index (χ3n) is 26.6. The van der Waals surface area contributed by atoms with Gasteiger partial charge in [0.2, 0.25) is 0 Å². The Bertz CT molecular complexity index is 6130. The van der Waals surface area contributed by atoms with Gasteiger partial charge in [-0.2, -0.15) is 0 Å². The van der Waals surface area contributed by atoms with Gasteiger partial charge < -0.3 is 18.9 Å². The molecule has 0 N–H and O–H groups in total. The monoisotopic (exact) mass is 1680 g/mol. The van der Waals surface area contributed by atoms with Crippen LogP contribution in [0.4, 0.5) is 0 Å². The van der Waals surface area contributed by atoms with Crippen molar-refractivity contribution in [2.24, 2.45) is 11.8 Å². The molecule has 0 saturated heterocycles. The molecule has 0 radical (unpaired) electrons. The van der Waals surface area contributed by atoms with Gasteiger partial charge in [-0.15, -0.1) is 0 Å². The lowest BCUT2D eigenvalue weighted by Crippen LogP contribution is -2.13. The third kappa shape index (κ3) is 20.3. The molecule has 0 atom stereocenters. The van der Waals surface area contributed by atoms with Crippen LogP contribution in [0, 0.1) is 11.8 Å². The van der Waals surface area contributed by atoms with Crippen LogP contribution in [0.15, 0.2) is 340 Å². The molecule has 16 aromatic carbocycles. The van der Waals surface area contributed by atoms with Gasteiger partial charge in [-0.05, 0) is 283 Å². The number of benzene rings is 16. The molecule has 128 heavy (non-hydrogen) atoms. The minimum atomic E-state index is -0.477. The summed E-state index contributed by atoms with van der Waals surface area (Å²) in [5.41, 5.74) is 18.6. The van der Waals surface area contributed by atoms with Gasteiger partial charge in [0, 0.05) is 22.3 Å². The van der Waals surface area contributed by atoms with E-state index in [9.17, 15) is 19.2 Å². The largest absolute Gasteiger partial charge is 0.422 e. The molecule has 0 spiro atoms. The highest BCUT2D eigenvalue weighted by Gasteiger charge is 2.29. The molecule has 0 amide bonds. The minimum Gasteiger partial charge on any atom is -0.422 e. The van der Waals surface area contributed by atoms with Gasteiger partial charge in [-0.1, -0.05) is 346 Å². The van der Waals surface area contributed by atoms with Crippen molar-refractivity contribution in [1.29, 1.82) is 0 Å². The van der Waals surface area contributed by atoms with E-state index in [1.807, 2.05) is 243 Å². The minimum absolute atomic E-state index is 0.371. The highest BCUT2D eigenvalue weighted by Crippen LogP contribution is 2.50. The average Bonchev–Trinajstić information content (AvgIpc) is 0.752. The molecule has 2 aliphatic rings. The van der Waals surface area contributed by atoms with Gasteiger partial charge in [-0.25, -0.2) is 19.2 Å². The van der Waals surface area contributed by atoms with Crippen LogP contribution in [0.2, 0.25) is 0 Å². The summed E-state index contributed by atoms with van der Waals surface area (Å²) in [6, 6.07) is 113. The summed E-state index contributed by atoms with van der Waals surface area (Å²) in [7, 11) is 0. The first-order chi connectivity index (χ1) is 62.9. The van der Waals surface area contributed by atoms with Crippen molar-refractivity contribution in [1.82, 2.24) is 0 Å². The summed E-state index contributed by atoms with van der Waals surface area (Å²) in [4.78, 5) is 56.1. The fourth-order valence-electron chi connectivity index (χ4n) is 19.4. The smallest absolute Gasteiger partial charge is 0.343 e. The second-order valence-electron chi connectivity index (χ2n) is 35.1. The van der Waals surface area contributed by atoms with Crippen LogP contribution in [-0.4, -0.2) is 23.9 Å². The molecule has 2 saturated carbocycles. The van der Waals surface area contributed by atoms with Crippen LogP contribution >= 0.6 is 0 Å². The molecule has 0 bridgehead atoms. The molecule has 0 unspecified atom stereocenters. The van der Waals surface area contributed by atoms with Crippen LogP contribution in [0.25, 0.3) is 110 Å². The number of hydrogen-bond acceptors (Lipinski definition) is 8. The Balaban J connectivity index is 0.000000181. The number of unbranched alkanes of at least 4 members (excludes halogenated alkanes) is 4. The summed E-state index contributed by atoms with van der Waals surface area (Å²) >= 11 is 0. The molecule has 8 nitrogen and oxygen atoms in total. The molecule has 2 aliphatic carbocycles. The highest BCUT2D eigenvalue weighted by atomic mass is 16.5. The van der Waals surface area contributed by atoms with E-state index in [0.717, 1.165) is 112 Å². The summed E-state index contributed by atoms with van der Waals surface area (Å²) in [5.74, 6) is 2.68. The van der Waals surface area contributed by atoms with Gasteiger partial charge in [0.15, 0.2) is 0 Å². The number of fused-ring (bicyclic) bond motifs is 4. The van der Waals surface area contributed by atoms with E-state index in [0.29, 0.717) is 79.3 Å². The van der Waals surface area contributed by atoms with Crippen molar-refractivity contribution in [3.8, 4) is 89.8 Å². The number of carbonyl (C=O) groups excluding carboxylic acids is 4. The lowest BCUT2D eigenvalue weighted by molar-refractivity contribution is 0.0723. The van der Waals surface area contributed by atoms with E-state index < -0.39 is 23.9 Å². The normalized spacial score (nSPS) is 15.0.